The van der Waals surface area contributed by atoms with E-state index in [1.54, 1.807) is 12.1 Å². The topological polar surface area (TPSA) is 41.5 Å². The zero-order valence-corrected chi connectivity index (χ0v) is 12.4. The van der Waals surface area contributed by atoms with Crippen LogP contribution in [0, 0.1) is 6.92 Å². The van der Waals surface area contributed by atoms with Gasteiger partial charge in [-0.2, -0.15) is 0 Å². The molecular weight excluding hydrogens is 306 g/mol. The largest absolute Gasteiger partial charge is 0.325 e. The van der Waals surface area contributed by atoms with Crippen LogP contribution in [0.5, 0.6) is 0 Å². The number of carbonyl (C=O) groups is 1. The van der Waals surface area contributed by atoms with E-state index in [1.807, 2.05) is 19.1 Å². The van der Waals surface area contributed by atoms with Gasteiger partial charge in [-0.15, -0.1) is 0 Å². The average Bonchev–Trinajstić information content (AvgIpc) is 2.74. The molecule has 0 bridgehead atoms. The molecule has 0 aromatic heterocycles. The van der Waals surface area contributed by atoms with Gasteiger partial charge in [0.15, 0.2) is 4.50 Å². The highest BCUT2D eigenvalue weighted by Crippen LogP contribution is 2.37. The summed E-state index contributed by atoms with van der Waals surface area (Å²) in [5.74, 6) is -3.62. The number of hydrogen-bond acceptors (Lipinski definition) is 3. The molecule has 0 spiro atoms. The Morgan fingerprint density at radius 1 is 1.40 bits per heavy atom. The Balaban J connectivity index is 2.11. The number of aryl methyl sites for hydroxylation is 1. The van der Waals surface area contributed by atoms with E-state index < -0.39 is 23.1 Å². The Kier molecular flexibility index (Phi) is 4.34. The van der Waals surface area contributed by atoms with Crippen molar-refractivity contribution in [3.8, 4) is 0 Å². The third-order valence-corrected chi connectivity index (χ3v) is 4.24. The third-order valence-electron chi connectivity index (χ3n) is 2.85. The van der Waals surface area contributed by atoms with E-state index in [1.165, 1.54) is 0 Å². The highest BCUT2D eigenvalue weighted by atomic mass is 35.5. The van der Waals surface area contributed by atoms with Crippen LogP contribution < -0.4 is 5.32 Å². The first-order valence-corrected chi connectivity index (χ1v) is 7.18. The molecule has 0 saturated carbocycles. The van der Waals surface area contributed by atoms with Crippen LogP contribution in [0.2, 0.25) is 0 Å². The van der Waals surface area contributed by atoms with Gasteiger partial charge in [-0.25, -0.2) is 8.78 Å². The maximum Gasteiger partial charge on any atom is 0.269 e. The minimum absolute atomic E-state index is 0.0134. The molecule has 1 amide bonds. The number of hydrogen-bond donors (Lipinski definition) is 1. The highest BCUT2D eigenvalue weighted by Gasteiger charge is 2.47. The Hall–Kier alpha value is -1.14. The summed E-state index contributed by atoms with van der Waals surface area (Å²) < 4.78 is 26.9. The lowest BCUT2D eigenvalue weighted by atomic mass is 10.1. The van der Waals surface area contributed by atoms with Crippen molar-refractivity contribution in [2.24, 2.45) is 4.99 Å². The van der Waals surface area contributed by atoms with E-state index in [0.717, 1.165) is 24.2 Å². The second-order valence-electron chi connectivity index (χ2n) is 4.68. The fourth-order valence-electron chi connectivity index (χ4n) is 1.80. The normalized spacial score (nSPS) is 22.6. The lowest BCUT2D eigenvalue weighted by Crippen LogP contribution is -2.42. The van der Waals surface area contributed by atoms with Crippen molar-refractivity contribution in [2.75, 3.05) is 5.32 Å². The number of aliphatic imine (C=N–C) groups is 1. The maximum atomic E-state index is 13.4. The SMILES string of the molecule is Cc1ccc(NC(=O)C2SC(Cl)=NC2C(C)(F)F)cc1. The summed E-state index contributed by atoms with van der Waals surface area (Å²) in [6.07, 6.45) is 0. The predicted octanol–water partition coefficient (Wildman–Crippen LogP) is 3.67. The van der Waals surface area contributed by atoms with E-state index in [-0.39, 0.29) is 4.50 Å². The quantitative estimate of drug-likeness (QED) is 0.924. The third kappa shape index (κ3) is 3.49. The van der Waals surface area contributed by atoms with Crippen molar-refractivity contribution >= 4 is 39.5 Å². The molecule has 3 nitrogen and oxygen atoms in total. The van der Waals surface area contributed by atoms with Crippen molar-refractivity contribution in [1.82, 2.24) is 0 Å². The Labute approximate surface area is 124 Å². The summed E-state index contributed by atoms with van der Waals surface area (Å²) in [7, 11) is 0. The molecule has 2 rings (SSSR count). The first-order valence-electron chi connectivity index (χ1n) is 5.92. The van der Waals surface area contributed by atoms with Gasteiger partial charge < -0.3 is 5.32 Å². The molecular formula is C13H13ClF2N2OS. The Bertz CT molecular complexity index is 542. The fraction of sp³-hybridized carbons (Fsp3) is 0.385. The van der Waals surface area contributed by atoms with Crippen molar-refractivity contribution in [3.05, 3.63) is 29.8 Å². The number of alkyl halides is 2. The van der Waals surface area contributed by atoms with Crippen molar-refractivity contribution in [3.63, 3.8) is 0 Å². The van der Waals surface area contributed by atoms with Gasteiger partial charge in [0.2, 0.25) is 5.91 Å². The number of amides is 1. The summed E-state index contributed by atoms with van der Waals surface area (Å²) in [6, 6.07) is 5.65. The highest BCUT2D eigenvalue weighted by molar-refractivity contribution is 8.18. The molecule has 1 heterocycles. The predicted molar refractivity (Wildman–Crippen MR) is 78.9 cm³/mol. The van der Waals surface area contributed by atoms with Crippen LogP contribution in [0.15, 0.2) is 29.3 Å². The van der Waals surface area contributed by atoms with Crippen LogP contribution in [-0.2, 0) is 4.79 Å². The number of nitrogens with zero attached hydrogens (tertiary/aromatic N) is 1. The molecule has 2 atom stereocenters. The molecule has 0 radical (unpaired) electrons. The number of thioether (sulfide) groups is 1. The van der Waals surface area contributed by atoms with Crippen LogP contribution in [0.3, 0.4) is 0 Å². The summed E-state index contributed by atoms with van der Waals surface area (Å²) >= 11 is 6.53. The summed E-state index contributed by atoms with van der Waals surface area (Å²) in [5, 5.41) is 1.58. The molecule has 1 aromatic carbocycles. The van der Waals surface area contributed by atoms with E-state index in [0.29, 0.717) is 5.69 Å². The van der Waals surface area contributed by atoms with E-state index >= 15 is 0 Å². The van der Waals surface area contributed by atoms with E-state index in [4.69, 9.17) is 11.6 Å². The summed E-state index contributed by atoms with van der Waals surface area (Å²) in [5.41, 5.74) is 1.60. The minimum atomic E-state index is -3.10. The van der Waals surface area contributed by atoms with Crippen molar-refractivity contribution in [1.29, 1.82) is 0 Å². The molecule has 20 heavy (non-hydrogen) atoms. The lowest BCUT2D eigenvalue weighted by Gasteiger charge is -2.21. The molecule has 108 valence electrons. The van der Waals surface area contributed by atoms with Crippen LogP contribution in [0.4, 0.5) is 14.5 Å². The number of carbonyl (C=O) groups excluding carboxylic acids is 1. The Morgan fingerprint density at radius 2 is 2.00 bits per heavy atom. The molecule has 2 unspecified atom stereocenters. The van der Waals surface area contributed by atoms with E-state index in [2.05, 4.69) is 10.3 Å². The number of nitrogens with one attached hydrogen (secondary N) is 1. The fourth-order valence-corrected chi connectivity index (χ4v) is 3.17. The molecule has 1 aliphatic heterocycles. The second kappa shape index (κ2) is 5.69. The first-order chi connectivity index (χ1) is 9.27. The minimum Gasteiger partial charge on any atom is -0.325 e. The van der Waals surface area contributed by atoms with Gasteiger partial charge in [0, 0.05) is 12.6 Å². The van der Waals surface area contributed by atoms with Crippen molar-refractivity contribution in [2.45, 2.75) is 31.1 Å². The Morgan fingerprint density at radius 3 is 2.55 bits per heavy atom. The molecule has 1 aliphatic rings. The second-order valence-corrected chi connectivity index (χ2v) is 6.39. The van der Waals surface area contributed by atoms with Gasteiger partial charge in [0.25, 0.3) is 5.92 Å². The van der Waals surface area contributed by atoms with Crippen LogP contribution in [-0.4, -0.2) is 27.6 Å². The zero-order chi connectivity index (χ0) is 14.9. The van der Waals surface area contributed by atoms with E-state index in [9.17, 15) is 13.6 Å². The molecule has 0 saturated heterocycles. The van der Waals surface area contributed by atoms with Gasteiger partial charge in [-0.05, 0) is 19.1 Å². The smallest absolute Gasteiger partial charge is 0.269 e. The molecule has 0 aliphatic carbocycles. The van der Waals surface area contributed by atoms with Crippen LogP contribution in [0.25, 0.3) is 0 Å². The standard InChI is InChI=1S/C13H13ClF2N2OS/c1-7-3-5-8(6-4-7)17-11(19)9-10(13(2,15)16)18-12(14)20-9/h3-6,9-10H,1-2H3,(H,17,19). The van der Waals surface area contributed by atoms with Gasteiger partial charge >= 0.3 is 0 Å². The van der Waals surface area contributed by atoms with Gasteiger partial charge in [-0.3, -0.25) is 9.79 Å². The van der Waals surface area contributed by atoms with Gasteiger partial charge in [0.1, 0.15) is 11.3 Å². The number of benzene rings is 1. The van der Waals surface area contributed by atoms with Crippen molar-refractivity contribution < 1.29 is 13.6 Å². The number of rotatable bonds is 3. The summed E-state index contributed by atoms with van der Waals surface area (Å²) in [6.45, 7) is 2.66. The monoisotopic (exact) mass is 318 g/mol. The maximum absolute atomic E-state index is 13.4. The molecule has 0 fully saturated rings. The molecule has 7 heteroatoms. The van der Waals surface area contributed by atoms with Gasteiger partial charge in [0.05, 0.1) is 0 Å². The average molecular weight is 319 g/mol. The molecule has 1 N–H and O–H groups in total. The first kappa shape index (κ1) is 15.3. The number of halogens is 3. The summed E-state index contributed by atoms with van der Waals surface area (Å²) in [4.78, 5) is 15.8. The zero-order valence-electron chi connectivity index (χ0n) is 10.9. The van der Waals surface area contributed by atoms with Crippen LogP contribution in [0.1, 0.15) is 12.5 Å². The lowest BCUT2D eigenvalue weighted by molar-refractivity contribution is -0.117. The molecule has 1 aromatic rings. The van der Waals surface area contributed by atoms with Crippen LogP contribution >= 0.6 is 23.4 Å². The van der Waals surface area contributed by atoms with Gasteiger partial charge in [-0.1, -0.05) is 41.1 Å². The number of anilines is 1.